The second-order valence-corrected chi connectivity index (χ2v) is 7.21. The van der Waals surface area contributed by atoms with E-state index in [1.54, 1.807) is 0 Å². The number of hydrogen-bond donors (Lipinski definition) is 1. The van der Waals surface area contributed by atoms with Gasteiger partial charge in [-0.25, -0.2) is 0 Å². The summed E-state index contributed by atoms with van der Waals surface area (Å²) in [5.74, 6) is 3.71. The second kappa shape index (κ2) is 5.50. The molecule has 98 valence electrons. The van der Waals surface area contributed by atoms with Crippen molar-refractivity contribution in [1.29, 1.82) is 0 Å². The summed E-state index contributed by atoms with van der Waals surface area (Å²) >= 11 is 2.13. The predicted octanol–water partition coefficient (Wildman–Crippen LogP) is 2.68. The van der Waals surface area contributed by atoms with Gasteiger partial charge in [0.15, 0.2) is 0 Å². The molecule has 2 aliphatic heterocycles. The van der Waals surface area contributed by atoms with Crippen LogP contribution in [0.4, 0.5) is 0 Å². The maximum Gasteiger partial charge on any atom is 0.0471 e. The van der Waals surface area contributed by atoms with Crippen LogP contribution in [0, 0.1) is 11.3 Å². The lowest BCUT2D eigenvalue weighted by atomic mass is 9.75. The lowest BCUT2D eigenvalue weighted by molar-refractivity contribution is 0.00401. The molecule has 0 bridgehead atoms. The van der Waals surface area contributed by atoms with Crippen LogP contribution in [-0.2, 0) is 4.74 Å². The molecule has 2 heterocycles. The molecule has 1 N–H and O–H groups in total. The Balaban J connectivity index is 1.53. The molecular weight excluding hydrogens is 230 g/mol. The Morgan fingerprint density at radius 3 is 2.82 bits per heavy atom. The van der Waals surface area contributed by atoms with Crippen LogP contribution in [0.5, 0.6) is 0 Å². The summed E-state index contributed by atoms with van der Waals surface area (Å²) in [5.41, 5.74) is 0.601. The minimum atomic E-state index is 0.601. The average molecular weight is 255 g/mol. The first-order valence-electron chi connectivity index (χ1n) is 7.28. The maximum atomic E-state index is 5.55. The minimum Gasteiger partial charge on any atom is -0.381 e. The van der Waals surface area contributed by atoms with Crippen LogP contribution in [0.15, 0.2) is 0 Å². The zero-order valence-corrected chi connectivity index (χ0v) is 11.6. The van der Waals surface area contributed by atoms with Crippen LogP contribution < -0.4 is 5.32 Å². The molecule has 0 radical (unpaired) electrons. The van der Waals surface area contributed by atoms with Gasteiger partial charge in [-0.2, -0.15) is 11.8 Å². The Kier molecular flexibility index (Phi) is 3.98. The van der Waals surface area contributed by atoms with Crippen LogP contribution >= 0.6 is 11.8 Å². The highest BCUT2D eigenvalue weighted by Crippen LogP contribution is 2.46. The van der Waals surface area contributed by atoms with Gasteiger partial charge in [-0.05, 0) is 61.5 Å². The van der Waals surface area contributed by atoms with Crippen molar-refractivity contribution in [3.05, 3.63) is 0 Å². The number of ether oxygens (including phenoxy) is 1. The topological polar surface area (TPSA) is 21.3 Å². The molecule has 3 heteroatoms. The van der Waals surface area contributed by atoms with Crippen molar-refractivity contribution in [3.8, 4) is 0 Å². The normalized spacial score (nSPS) is 36.7. The zero-order chi connectivity index (χ0) is 11.6. The highest BCUT2D eigenvalue weighted by atomic mass is 32.2. The summed E-state index contributed by atoms with van der Waals surface area (Å²) in [4.78, 5) is 0. The molecule has 2 unspecified atom stereocenters. The van der Waals surface area contributed by atoms with E-state index < -0.39 is 0 Å². The van der Waals surface area contributed by atoms with Gasteiger partial charge in [0.1, 0.15) is 0 Å². The van der Waals surface area contributed by atoms with Crippen molar-refractivity contribution in [1.82, 2.24) is 5.32 Å². The molecule has 1 spiro atoms. The summed E-state index contributed by atoms with van der Waals surface area (Å²) in [7, 11) is 0. The lowest BCUT2D eigenvalue weighted by Gasteiger charge is -2.39. The van der Waals surface area contributed by atoms with Crippen molar-refractivity contribution in [2.45, 2.75) is 44.6 Å². The Labute approximate surface area is 109 Å². The zero-order valence-electron chi connectivity index (χ0n) is 10.7. The SMILES string of the molecule is C1CC(NCC2CCSC2)C2(C1)CCOCC2. The molecule has 2 saturated heterocycles. The second-order valence-electron chi connectivity index (χ2n) is 6.06. The highest BCUT2D eigenvalue weighted by molar-refractivity contribution is 7.99. The summed E-state index contributed by atoms with van der Waals surface area (Å²) in [5, 5.41) is 3.92. The quantitative estimate of drug-likeness (QED) is 0.838. The number of hydrogen-bond acceptors (Lipinski definition) is 3. The van der Waals surface area contributed by atoms with Crippen LogP contribution in [0.1, 0.15) is 38.5 Å². The van der Waals surface area contributed by atoms with Gasteiger partial charge in [0.05, 0.1) is 0 Å². The average Bonchev–Trinajstić information content (AvgIpc) is 2.98. The molecule has 1 aliphatic carbocycles. The fraction of sp³-hybridized carbons (Fsp3) is 1.00. The van der Waals surface area contributed by atoms with Crippen molar-refractivity contribution < 1.29 is 4.74 Å². The van der Waals surface area contributed by atoms with Gasteiger partial charge in [0.2, 0.25) is 0 Å². The van der Waals surface area contributed by atoms with Gasteiger partial charge in [0, 0.05) is 19.3 Å². The van der Waals surface area contributed by atoms with E-state index in [4.69, 9.17) is 4.74 Å². The molecule has 3 fully saturated rings. The highest BCUT2D eigenvalue weighted by Gasteiger charge is 2.43. The lowest BCUT2D eigenvalue weighted by Crippen LogP contribution is -2.46. The summed E-state index contributed by atoms with van der Waals surface area (Å²) in [6.45, 7) is 3.26. The third-order valence-corrected chi connectivity index (χ3v) is 6.30. The minimum absolute atomic E-state index is 0.601. The van der Waals surface area contributed by atoms with E-state index in [0.29, 0.717) is 5.41 Å². The molecule has 3 aliphatic rings. The van der Waals surface area contributed by atoms with Crippen molar-refractivity contribution in [2.24, 2.45) is 11.3 Å². The van der Waals surface area contributed by atoms with E-state index in [2.05, 4.69) is 17.1 Å². The van der Waals surface area contributed by atoms with Gasteiger partial charge < -0.3 is 10.1 Å². The van der Waals surface area contributed by atoms with E-state index in [0.717, 1.165) is 25.2 Å². The van der Waals surface area contributed by atoms with Gasteiger partial charge in [-0.1, -0.05) is 6.42 Å². The first-order valence-corrected chi connectivity index (χ1v) is 8.43. The van der Waals surface area contributed by atoms with Gasteiger partial charge >= 0.3 is 0 Å². The molecule has 0 amide bonds. The molecule has 0 aromatic carbocycles. The smallest absolute Gasteiger partial charge is 0.0471 e. The van der Waals surface area contributed by atoms with Gasteiger partial charge in [0.25, 0.3) is 0 Å². The van der Waals surface area contributed by atoms with E-state index in [1.807, 2.05) is 0 Å². The molecule has 0 aromatic heterocycles. The maximum absolute atomic E-state index is 5.55. The predicted molar refractivity (Wildman–Crippen MR) is 73.6 cm³/mol. The molecule has 1 saturated carbocycles. The molecular formula is C14H25NOS. The van der Waals surface area contributed by atoms with E-state index >= 15 is 0 Å². The Morgan fingerprint density at radius 2 is 2.06 bits per heavy atom. The Bertz CT molecular complexity index is 247. The number of thioether (sulfide) groups is 1. The summed E-state index contributed by atoms with van der Waals surface area (Å²) in [6.07, 6.45) is 8.29. The Hall–Kier alpha value is 0.270. The fourth-order valence-corrected chi connectivity index (χ4v) is 5.17. The van der Waals surface area contributed by atoms with Crippen LogP contribution in [0.25, 0.3) is 0 Å². The third kappa shape index (κ3) is 2.66. The van der Waals surface area contributed by atoms with Crippen molar-refractivity contribution in [2.75, 3.05) is 31.3 Å². The van der Waals surface area contributed by atoms with E-state index in [9.17, 15) is 0 Å². The molecule has 17 heavy (non-hydrogen) atoms. The third-order valence-electron chi connectivity index (χ3n) is 5.07. The molecule has 3 rings (SSSR count). The van der Waals surface area contributed by atoms with Crippen LogP contribution in [-0.4, -0.2) is 37.3 Å². The first-order chi connectivity index (χ1) is 8.39. The van der Waals surface area contributed by atoms with Gasteiger partial charge in [-0.15, -0.1) is 0 Å². The fourth-order valence-electron chi connectivity index (χ4n) is 3.89. The van der Waals surface area contributed by atoms with Crippen molar-refractivity contribution in [3.63, 3.8) is 0 Å². The largest absolute Gasteiger partial charge is 0.381 e. The van der Waals surface area contributed by atoms with Crippen LogP contribution in [0.2, 0.25) is 0 Å². The molecule has 0 aromatic rings. The summed E-state index contributed by atoms with van der Waals surface area (Å²) in [6, 6.07) is 0.789. The monoisotopic (exact) mass is 255 g/mol. The van der Waals surface area contributed by atoms with E-state index in [1.165, 1.54) is 56.6 Å². The van der Waals surface area contributed by atoms with E-state index in [-0.39, 0.29) is 0 Å². The molecule has 2 atom stereocenters. The number of rotatable bonds is 3. The standard InChI is InChI=1S/C14H25NOS/c1-2-13(15-10-12-3-9-17-11-12)14(4-1)5-7-16-8-6-14/h12-13,15H,1-11H2. The van der Waals surface area contributed by atoms with Crippen LogP contribution in [0.3, 0.4) is 0 Å². The molecule has 2 nitrogen and oxygen atoms in total. The first kappa shape index (κ1) is 12.3. The Morgan fingerprint density at radius 1 is 1.18 bits per heavy atom. The number of nitrogens with one attached hydrogen (secondary N) is 1. The van der Waals surface area contributed by atoms with Gasteiger partial charge in [-0.3, -0.25) is 0 Å². The summed E-state index contributed by atoms with van der Waals surface area (Å²) < 4.78 is 5.55. The van der Waals surface area contributed by atoms with Crippen molar-refractivity contribution >= 4 is 11.8 Å².